The second-order valence-corrected chi connectivity index (χ2v) is 1.79. The van der Waals surface area contributed by atoms with Crippen molar-refractivity contribution >= 4 is 12.0 Å². The fraction of sp³-hybridized carbons (Fsp3) is 0.167. The molecule has 58 valence electrons. The Balaban J connectivity index is 2.79. The third-order valence-electron chi connectivity index (χ3n) is 0.989. The highest BCUT2D eigenvalue weighted by Gasteiger charge is 1.87. The largest absolute Gasteiger partial charge is 0.346 e. The molecule has 0 unspecified atom stereocenters. The standard InChI is InChI=1S/C6H8N4O/c1-2-8-10-5-3-4-7-6(11)9-5/h2-4H,1H3,(H2,7,9,10,11). The van der Waals surface area contributed by atoms with E-state index in [1.54, 1.807) is 19.2 Å². The van der Waals surface area contributed by atoms with Gasteiger partial charge in [0.25, 0.3) is 0 Å². The number of aromatic nitrogens is 2. The zero-order chi connectivity index (χ0) is 8.10. The number of hydrogen-bond acceptors (Lipinski definition) is 4. The average molecular weight is 152 g/mol. The molecule has 5 nitrogen and oxygen atoms in total. The van der Waals surface area contributed by atoms with E-state index >= 15 is 0 Å². The summed E-state index contributed by atoms with van der Waals surface area (Å²) in [7, 11) is 0. The summed E-state index contributed by atoms with van der Waals surface area (Å²) in [6.45, 7) is 1.77. The number of rotatable bonds is 2. The molecule has 1 heterocycles. The minimum Gasteiger partial charge on any atom is -0.291 e. The SMILES string of the molecule is CC=NNc1ccnc(=O)[nH]1. The smallest absolute Gasteiger partial charge is 0.291 e. The topological polar surface area (TPSA) is 70.1 Å². The molecule has 1 aromatic heterocycles. The lowest BCUT2D eigenvalue weighted by molar-refractivity contribution is 1.06. The maximum absolute atomic E-state index is 10.6. The quantitative estimate of drug-likeness (QED) is 0.469. The molecule has 0 fully saturated rings. The van der Waals surface area contributed by atoms with Gasteiger partial charge >= 0.3 is 5.69 Å². The van der Waals surface area contributed by atoms with Gasteiger partial charge in [-0.1, -0.05) is 0 Å². The van der Waals surface area contributed by atoms with Gasteiger partial charge in [-0.05, 0) is 13.0 Å². The molecule has 5 heteroatoms. The first kappa shape index (κ1) is 7.46. The maximum Gasteiger partial charge on any atom is 0.346 e. The van der Waals surface area contributed by atoms with Gasteiger partial charge < -0.3 is 0 Å². The molecule has 0 saturated carbocycles. The van der Waals surface area contributed by atoms with Crippen LogP contribution in [0.5, 0.6) is 0 Å². The van der Waals surface area contributed by atoms with Crippen LogP contribution in [0.3, 0.4) is 0 Å². The van der Waals surface area contributed by atoms with Crippen LogP contribution in [0.15, 0.2) is 22.2 Å². The zero-order valence-electron chi connectivity index (χ0n) is 6.03. The summed E-state index contributed by atoms with van der Waals surface area (Å²) in [5.74, 6) is 0.531. The number of aromatic amines is 1. The van der Waals surface area contributed by atoms with Crippen molar-refractivity contribution in [3.63, 3.8) is 0 Å². The predicted octanol–water partition coefficient (Wildman–Crippen LogP) is 0.187. The van der Waals surface area contributed by atoms with Crippen LogP contribution in [-0.4, -0.2) is 16.2 Å². The van der Waals surface area contributed by atoms with E-state index in [4.69, 9.17) is 0 Å². The van der Waals surface area contributed by atoms with E-state index in [0.29, 0.717) is 5.82 Å². The van der Waals surface area contributed by atoms with Crippen LogP contribution >= 0.6 is 0 Å². The molecule has 11 heavy (non-hydrogen) atoms. The molecule has 0 amide bonds. The van der Waals surface area contributed by atoms with Crippen molar-refractivity contribution in [2.75, 3.05) is 5.43 Å². The van der Waals surface area contributed by atoms with Gasteiger partial charge in [0.2, 0.25) is 0 Å². The summed E-state index contributed by atoms with van der Waals surface area (Å²) in [6, 6.07) is 1.62. The van der Waals surface area contributed by atoms with Gasteiger partial charge in [0.05, 0.1) is 0 Å². The third-order valence-corrected chi connectivity index (χ3v) is 0.989. The first-order valence-electron chi connectivity index (χ1n) is 3.12. The lowest BCUT2D eigenvalue weighted by Crippen LogP contribution is -2.10. The van der Waals surface area contributed by atoms with Crippen molar-refractivity contribution in [3.8, 4) is 0 Å². The average Bonchev–Trinajstić information content (AvgIpc) is 2.01. The predicted molar refractivity (Wildman–Crippen MR) is 42.6 cm³/mol. The van der Waals surface area contributed by atoms with Crippen LogP contribution in [0.1, 0.15) is 6.92 Å². The molecule has 0 saturated heterocycles. The highest BCUT2D eigenvalue weighted by molar-refractivity contribution is 5.55. The molecule has 0 aliphatic heterocycles. The highest BCUT2D eigenvalue weighted by atomic mass is 16.1. The molecule has 0 spiro atoms. The van der Waals surface area contributed by atoms with Crippen LogP contribution < -0.4 is 11.1 Å². The molecule has 0 aliphatic rings. The van der Waals surface area contributed by atoms with Crippen LogP contribution in [0.25, 0.3) is 0 Å². The van der Waals surface area contributed by atoms with Crippen molar-refractivity contribution in [2.45, 2.75) is 6.92 Å². The highest BCUT2D eigenvalue weighted by Crippen LogP contribution is 1.93. The monoisotopic (exact) mass is 152 g/mol. The number of anilines is 1. The molecule has 2 N–H and O–H groups in total. The number of H-pyrrole nitrogens is 1. The van der Waals surface area contributed by atoms with Gasteiger partial charge in [0.15, 0.2) is 0 Å². The van der Waals surface area contributed by atoms with Crippen LogP contribution in [0.4, 0.5) is 5.82 Å². The van der Waals surface area contributed by atoms with Gasteiger partial charge in [-0.2, -0.15) is 5.10 Å². The fourth-order valence-corrected chi connectivity index (χ4v) is 0.568. The summed E-state index contributed by atoms with van der Waals surface area (Å²) in [5, 5.41) is 3.71. The number of nitrogens with one attached hydrogen (secondary N) is 2. The first-order valence-corrected chi connectivity index (χ1v) is 3.12. The number of hydrogen-bond donors (Lipinski definition) is 2. The van der Waals surface area contributed by atoms with Gasteiger partial charge in [-0.15, -0.1) is 0 Å². The Morgan fingerprint density at radius 1 is 1.82 bits per heavy atom. The second-order valence-electron chi connectivity index (χ2n) is 1.79. The van der Waals surface area contributed by atoms with Crippen LogP contribution in [-0.2, 0) is 0 Å². The molecule has 0 radical (unpaired) electrons. The molecule has 0 aromatic carbocycles. The molecule has 0 bridgehead atoms. The third kappa shape index (κ3) is 2.21. The molecule has 0 aliphatic carbocycles. The molecular formula is C6H8N4O. The van der Waals surface area contributed by atoms with Crippen LogP contribution in [0.2, 0.25) is 0 Å². The Kier molecular flexibility index (Phi) is 2.37. The van der Waals surface area contributed by atoms with Gasteiger partial charge in [-0.25, -0.2) is 9.78 Å². The summed E-state index contributed by atoms with van der Waals surface area (Å²) in [6.07, 6.45) is 2.99. The Labute approximate surface area is 63.2 Å². The summed E-state index contributed by atoms with van der Waals surface area (Å²) in [5.41, 5.74) is 2.22. The summed E-state index contributed by atoms with van der Waals surface area (Å²) in [4.78, 5) is 16.5. The van der Waals surface area contributed by atoms with Crippen molar-refractivity contribution in [2.24, 2.45) is 5.10 Å². The van der Waals surface area contributed by atoms with Gasteiger partial charge in [-0.3, -0.25) is 10.4 Å². The Morgan fingerprint density at radius 2 is 2.64 bits per heavy atom. The molecular weight excluding hydrogens is 144 g/mol. The lowest BCUT2D eigenvalue weighted by atomic mass is 10.6. The zero-order valence-corrected chi connectivity index (χ0v) is 6.03. The Morgan fingerprint density at radius 3 is 3.27 bits per heavy atom. The second kappa shape index (κ2) is 3.50. The summed E-state index contributed by atoms with van der Waals surface area (Å²) < 4.78 is 0. The van der Waals surface area contributed by atoms with E-state index in [-0.39, 0.29) is 5.69 Å². The van der Waals surface area contributed by atoms with E-state index in [9.17, 15) is 4.79 Å². The van der Waals surface area contributed by atoms with E-state index in [1.807, 2.05) is 0 Å². The van der Waals surface area contributed by atoms with Crippen molar-refractivity contribution in [1.29, 1.82) is 0 Å². The minimum absolute atomic E-state index is 0.388. The molecule has 1 rings (SSSR count). The molecule has 1 aromatic rings. The summed E-state index contributed by atoms with van der Waals surface area (Å²) >= 11 is 0. The number of hydrazone groups is 1. The van der Waals surface area contributed by atoms with Crippen molar-refractivity contribution in [1.82, 2.24) is 9.97 Å². The van der Waals surface area contributed by atoms with Crippen LogP contribution in [0, 0.1) is 0 Å². The van der Waals surface area contributed by atoms with E-state index in [0.717, 1.165) is 0 Å². The van der Waals surface area contributed by atoms with Crippen molar-refractivity contribution in [3.05, 3.63) is 22.7 Å². The Bertz CT molecular complexity index is 303. The Hall–Kier alpha value is -1.65. The van der Waals surface area contributed by atoms with Crippen molar-refractivity contribution < 1.29 is 0 Å². The van der Waals surface area contributed by atoms with Gasteiger partial charge in [0, 0.05) is 12.4 Å². The first-order chi connectivity index (χ1) is 5.33. The van der Waals surface area contributed by atoms with E-state index in [1.165, 1.54) is 6.20 Å². The van der Waals surface area contributed by atoms with E-state index < -0.39 is 0 Å². The minimum atomic E-state index is -0.388. The number of nitrogens with zero attached hydrogens (tertiary/aromatic N) is 2. The lowest BCUT2D eigenvalue weighted by Gasteiger charge is -1.95. The molecule has 0 atom stereocenters. The maximum atomic E-state index is 10.6. The fourth-order valence-electron chi connectivity index (χ4n) is 0.568. The van der Waals surface area contributed by atoms with Gasteiger partial charge in [0.1, 0.15) is 5.82 Å². The van der Waals surface area contributed by atoms with E-state index in [2.05, 4.69) is 20.5 Å². The normalized spacial score (nSPS) is 10.3.